The Morgan fingerprint density at radius 3 is 2.15 bits per heavy atom. The third kappa shape index (κ3) is 2.26. The van der Waals surface area contributed by atoms with E-state index in [0.717, 1.165) is 23.9 Å². The number of hydrogen-bond acceptors (Lipinski definition) is 2. The molecule has 0 spiro atoms. The molecule has 0 aliphatic carbocycles. The van der Waals surface area contributed by atoms with Crippen LogP contribution in [0.4, 0.5) is 8.78 Å². The van der Waals surface area contributed by atoms with Crippen molar-refractivity contribution in [2.75, 3.05) is 6.26 Å². The van der Waals surface area contributed by atoms with Crippen LogP contribution in [0, 0.1) is 11.6 Å². The highest BCUT2D eigenvalue weighted by Crippen LogP contribution is 2.23. The molecule has 13 heavy (non-hydrogen) atoms. The summed E-state index contributed by atoms with van der Waals surface area (Å²) < 4.78 is 44.9. The van der Waals surface area contributed by atoms with E-state index in [1.165, 1.54) is 0 Å². The van der Waals surface area contributed by atoms with Gasteiger partial charge in [-0.15, -0.1) is 11.8 Å². The predicted octanol–water partition coefficient (Wildman–Crippen LogP) is 2.27. The summed E-state index contributed by atoms with van der Waals surface area (Å²) >= 11 is -1.46. The number of halogens is 2. The Morgan fingerprint density at radius 2 is 1.85 bits per heavy atom. The third-order valence-corrected chi connectivity index (χ3v) is 2.83. The molecule has 0 radical (unpaired) electrons. The van der Waals surface area contributed by atoms with E-state index < -0.39 is 27.6 Å². The molecule has 0 fully saturated rings. The second-order valence-electron chi connectivity index (χ2n) is 2.17. The van der Waals surface area contributed by atoms with E-state index in [2.05, 4.69) is 0 Å². The van der Waals surface area contributed by atoms with E-state index in [0.29, 0.717) is 4.90 Å². The fourth-order valence-electron chi connectivity index (χ4n) is 0.821. The van der Waals surface area contributed by atoms with Crippen molar-refractivity contribution < 1.29 is 17.5 Å². The molecule has 72 valence electrons. The normalized spacial score (nSPS) is 12.9. The Kier molecular flexibility index (Phi) is 3.40. The molecule has 1 unspecified atom stereocenters. The number of thioether (sulfide) groups is 1. The molecule has 0 saturated carbocycles. The van der Waals surface area contributed by atoms with E-state index >= 15 is 0 Å². The highest BCUT2D eigenvalue weighted by atomic mass is 32.2. The first-order chi connectivity index (χ1) is 6.06. The predicted molar refractivity (Wildman–Crippen MR) is 47.2 cm³/mol. The molecule has 0 bridgehead atoms. The molecule has 0 aliphatic rings. The lowest BCUT2D eigenvalue weighted by Crippen LogP contribution is -1.98. The van der Waals surface area contributed by atoms with Crippen LogP contribution < -0.4 is 0 Å². The maximum atomic E-state index is 12.9. The molecular formula is C7H6F2O2S2. The van der Waals surface area contributed by atoms with E-state index in [1.807, 2.05) is 0 Å². The lowest BCUT2D eigenvalue weighted by Gasteiger charge is -2.02. The Morgan fingerprint density at radius 1 is 1.38 bits per heavy atom. The summed E-state index contributed by atoms with van der Waals surface area (Å²) in [6, 6.07) is 2.05. The van der Waals surface area contributed by atoms with Gasteiger partial charge in [0.15, 0.2) is 11.1 Å². The van der Waals surface area contributed by atoms with Gasteiger partial charge in [-0.2, -0.15) is 0 Å². The minimum Gasteiger partial charge on any atom is -0.302 e. The summed E-state index contributed by atoms with van der Waals surface area (Å²) in [6.07, 6.45) is 1.66. The topological polar surface area (TPSA) is 37.3 Å². The quantitative estimate of drug-likeness (QED) is 0.618. The zero-order chi connectivity index (χ0) is 10.0. The Bertz CT molecular complexity index is 331. The second-order valence-corrected chi connectivity index (χ2v) is 3.96. The van der Waals surface area contributed by atoms with Gasteiger partial charge in [0.25, 0.3) is 0 Å². The zero-order valence-electron chi connectivity index (χ0n) is 6.58. The SMILES string of the molecule is CSc1cc(F)c(S(=O)O)c(F)c1. The standard InChI is InChI=1S/C7H6F2O2S2/c1-12-4-2-5(8)7(13(10)11)6(9)3-4/h2-3H,1H3,(H,10,11). The first kappa shape index (κ1) is 10.6. The maximum absolute atomic E-state index is 12.9. The number of rotatable bonds is 2. The van der Waals surface area contributed by atoms with Crippen molar-refractivity contribution in [3.05, 3.63) is 23.8 Å². The van der Waals surface area contributed by atoms with Crippen molar-refractivity contribution in [1.29, 1.82) is 0 Å². The van der Waals surface area contributed by atoms with Gasteiger partial charge in [-0.25, -0.2) is 13.0 Å². The van der Waals surface area contributed by atoms with Crippen LogP contribution >= 0.6 is 11.8 Å². The van der Waals surface area contributed by atoms with Crippen molar-refractivity contribution in [2.24, 2.45) is 0 Å². The molecule has 6 heteroatoms. The van der Waals surface area contributed by atoms with Gasteiger partial charge in [0.2, 0.25) is 0 Å². The molecular weight excluding hydrogens is 218 g/mol. The van der Waals surface area contributed by atoms with Crippen LogP contribution in [-0.4, -0.2) is 15.0 Å². The first-order valence-corrected chi connectivity index (χ1v) is 5.53. The average molecular weight is 224 g/mol. The van der Waals surface area contributed by atoms with Crippen LogP contribution in [0.25, 0.3) is 0 Å². The van der Waals surface area contributed by atoms with Gasteiger partial charge in [-0.3, -0.25) is 0 Å². The summed E-state index contributed by atoms with van der Waals surface area (Å²) in [5.74, 6) is -1.99. The van der Waals surface area contributed by atoms with Crippen molar-refractivity contribution in [1.82, 2.24) is 0 Å². The molecule has 1 aromatic carbocycles. The van der Waals surface area contributed by atoms with E-state index in [4.69, 9.17) is 4.55 Å². The Labute approximate surface area is 80.6 Å². The van der Waals surface area contributed by atoms with Gasteiger partial charge in [0, 0.05) is 4.90 Å². The summed E-state index contributed by atoms with van der Waals surface area (Å²) in [5.41, 5.74) is 0. The van der Waals surface area contributed by atoms with Crippen molar-refractivity contribution in [2.45, 2.75) is 9.79 Å². The van der Waals surface area contributed by atoms with E-state index in [9.17, 15) is 13.0 Å². The lowest BCUT2D eigenvalue weighted by atomic mass is 10.3. The highest BCUT2D eigenvalue weighted by Gasteiger charge is 2.15. The van der Waals surface area contributed by atoms with Crippen LogP contribution in [0.15, 0.2) is 21.9 Å². The van der Waals surface area contributed by atoms with Gasteiger partial charge in [-0.05, 0) is 18.4 Å². The molecule has 0 heterocycles. The van der Waals surface area contributed by atoms with E-state index in [1.54, 1.807) is 6.26 Å². The third-order valence-electron chi connectivity index (χ3n) is 1.38. The van der Waals surface area contributed by atoms with Crippen LogP contribution in [0.3, 0.4) is 0 Å². The fraction of sp³-hybridized carbons (Fsp3) is 0.143. The molecule has 0 saturated heterocycles. The maximum Gasteiger partial charge on any atom is 0.192 e. The van der Waals surface area contributed by atoms with Crippen LogP contribution in [0.1, 0.15) is 0 Å². The number of hydrogen-bond donors (Lipinski definition) is 1. The Hall–Kier alpha value is -0.460. The molecule has 1 N–H and O–H groups in total. The molecule has 1 atom stereocenters. The van der Waals surface area contributed by atoms with Gasteiger partial charge in [-0.1, -0.05) is 0 Å². The Balaban J connectivity index is 3.31. The minimum atomic E-state index is -2.62. The summed E-state index contributed by atoms with van der Waals surface area (Å²) in [4.78, 5) is -0.415. The molecule has 0 aromatic heterocycles. The molecule has 1 rings (SSSR count). The summed E-state index contributed by atoms with van der Waals surface area (Å²) in [5, 5.41) is 0. The highest BCUT2D eigenvalue weighted by molar-refractivity contribution is 7.98. The fourth-order valence-corrected chi connectivity index (χ4v) is 1.72. The van der Waals surface area contributed by atoms with Gasteiger partial charge in [0.05, 0.1) is 0 Å². The van der Waals surface area contributed by atoms with Crippen molar-refractivity contribution in [3.63, 3.8) is 0 Å². The van der Waals surface area contributed by atoms with Crippen LogP contribution in [0.5, 0.6) is 0 Å². The first-order valence-electron chi connectivity index (χ1n) is 3.20. The molecule has 2 nitrogen and oxygen atoms in total. The molecule has 0 amide bonds. The van der Waals surface area contributed by atoms with Gasteiger partial charge < -0.3 is 4.55 Å². The minimum absolute atomic E-state index is 0.379. The van der Waals surface area contributed by atoms with Crippen molar-refractivity contribution >= 4 is 22.8 Å². The smallest absolute Gasteiger partial charge is 0.192 e. The van der Waals surface area contributed by atoms with Gasteiger partial charge in [0.1, 0.15) is 16.5 Å². The van der Waals surface area contributed by atoms with Crippen molar-refractivity contribution in [3.8, 4) is 0 Å². The molecule has 0 aliphatic heterocycles. The summed E-state index contributed by atoms with van der Waals surface area (Å²) in [7, 11) is 0. The second kappa shape index (κ2) is 4.17. The average Bonchev–Trinajstić information content (AvgIpc) is 2.02. The van der Waals surface area contributed by atoms with Crippen LogP contribution in [-0.2, 0) is 11.1 Å². The number of benzene rings is 1. The van der Waals surface area contributed by atoms with Gasteiger partial charge >= 0.3 is 0 Å². The van der Waals surface area contributed by atoms with E-state index in [-0.39, 0.29) is 0 Å². The molecule has 1 aromatic rings. The zero-order valence-corrected chi connectivity index (χ0v) is 8.22. The lowest BCUT2D eigenvalue weighted by molar-refractivity contribution is 0.503. The van der Waals surface area contributed by atoms with Crippen LogP contribution in [0.2, 0.25) is 0 Å². The largest absolute Gasteiger partial charge is 0.302 e. The summed E-state index contributed by atoms with van der Waals surface area (Å²) in [6.45, 7) is 0. The monoisotopic (exact) mass is 224 g/mol.